The molecule has 0 saturated carbocycles. The van der Waals surface area contributed by atoms with Crippen LogP contribution in [0.2, 0.25) is 5.02 Å². The van der Waals surface area contributed by atoms with Crippen molar-refractivity contribution in [2.75, 3.05) is 13.2 Å². The Balaban J connectivity index is 1.33. The van der Waals surface area contributed by atoms with Gasteiger partial charge in [0.25, 0.3) is 0 Å². The average Bonchev–Trinajstić information content (AvgIpc) is 3.51. The molecular formula is C27H23ClN2O5S. The first-order chi connectivity index (χ1) is 17.4. The Morgan fingerprint density at radius 3 is 2.08 bits per heavy atom. The summed E-state index contributed by atoms with van der Waals surface area (Å²) in [7, 11) is -3.95. The van der Waals surface area contributed by atoms with E-state index in [2.05, 4.69) is 5.16 Å². The predicted octanol–water partition coefficient (Wildman–Crippen LogP) is 4.93. The molecule has 0 radical (unpaired) electrons. The minimum atomic E-state index is -3.95. The fourth-order valence-corrected chi connectivity index (χ4v) is 5.72. The topological polar surface area (TPSA) is 92.3 Å². The summed E-state index contributed by atoms with van der Waals surface area (Å²) in [6, 6.07) is 25.0. The monoisotopic (exact) mass is 522 g/mol. The van der Waals surface area contributed by atoms with Crippen LogP contribution >= 0.6 is 11.6 Å². The molecule has 1 aromatic heterocycles. The molecule has 1 N–H and O–H groups in total. The van der Waals surface area contributed by atoms with Crippen molar-refractivity contribution in [3.63, 3.8) is 0 Å². The Hall–Kier alpha value is -3.43. The Bertz CT molecular complexity index is 1440. The standard InChI is InChI=1S/C27H23ClN2O5S/c28-19-11-13-22(14-12-19)36(32,33)30(17-21-6-5-15-34-21)16-20(31)18-35-29-27-25-9-3-1-7-23(25)24-8-2-4-10-26(24)27/h1-15,20,31H,16-18H2/t20-/m1/s1. The number of aliphatic hydroxyl groups excluding tert-OH is 1. The molecule has 3 aromatic carbocycles. The van der Waals surface area contributed by atoms with Crippen molar-refractivity contribution < 1.29 is 22.8 Å². The number of furan rings is 1. The van der Waals surface area contributed by atoms with E-state index in [0.29, 0.717) is 16.5 Å². The van der Waals surface area contributed by atoms with Gasteiger partial charge in [-0.3, -0.25) is 0 Å². The number of oxime groups is 1. The zero-order chi connectivity index (χ0) is 25.1. The number of aliphatic hydroxyl groups is 1. The Labute approximate surface area is 214 Å². The van der Waals surface area contributed by atoms with Gasteiger partial charge in [-0.05, 0) is 47.5 Å². The number of hydrogen-bond acceptors (Lipinski definition) is 6. The highest BCUT2D eigenvalue weighted by Gasteiger charge is 2.29. The maximum absolute atomic E-state index is 13.3. The van der Waals surface area contributed by atoms with Crippen LogP contribution in [0.1, 0.15) is 16.9 Å². The van der Waals surface area contributed by atoms with Crippen molar-refractivity contribution in [2.24, 2.45) is 5.16 Å². The van der Waals surface area contributed by atoms with Crippen LogP contribution in [0.4, 0.5) is 0 Å². The lowest BCUT2D eigenvalue weighted by atomic mass is 10.1. The van der Waals surface area contributed by atoms with Crippen LogP contribution in [-0.2, 0) is 21.4 Å². The third kappa shape index (κ3) is 4.94. The van der Waals surface area contributed by atoms with Crippen molar-refractivity contribution >= 4 is 27.3 Å². The van der Waals surface area contributed by atoms with Gasteiger partial charge in [0, 0.05) is 22.7 Å². The smallest absolute Gasteiger partial charge is 0.243 e. The second-order valence-corrected chi connectivity index (χ2v) is 10.7. The molecule has 36 heavy (non-hydrogen) atoms. The molecule has 0 bridgehead atoms. The van der Waals surface area contributed by atoms with E-state index < -0.39 is 16.1 Å². The maximum Gasteiger partial charge on any atom is 0.243 e. The van der Waals surface area contributed by atoms with Crippen molar-refractivity contribution in [3.8, 4) is 11.1 Å². The number of fused-ring (bicyclic) bond motifs is 3. The van der Waals surface area contributed by atoms with Crippen LogP contribution in [-0.4, -0.2) is 42.8 Å². The average molecular weight is 523 g/mol. The first-order valence-electron chi connectivity index (χ1n) is 11.3. The van der Waals surface area contributed by atoms with Crippen LogP contribution in [0.3, 0.4) is 0 Å². The van der Waals surface area contributed by atoms with Crippen LogP contribution in [0, 0.1) is 0 Å². The SMILES string of the molecule is O=S(=O)(c1ccc(Cl)cc1)N(Cc1ccco1)C[C@@H](O)CON=C1c2ccccc2-c2ccccc21. The zero-order valence-corrected chi connectivity index (χ0v) is 20.7. The third-order valence-corrected chi connectivity index (χ3v) is 7.93. The molecule has 1 aliphatic rings. The molecule has 1 heterocycles. The van der Waals surface area contributed by atoms with Crippen LogP contribution in [0.5, 0.6) is 0 Å². The molecular weight excluding hydrogens is 500 g/mol. The Kier molecular flexibility index (Phi) is 6.93. The van der Waals surface area contributed by atoms with Crippen LogP contribution in [0.25, 0.3) is 11.1 Å². The fourth-order valence-electron chi connectivity index (χ4n) is 4.15. The number of nitrogens with zero attached hydrogens (tertiary/aromatic N) is 2. The molecule has 1 atom stereocenters. The summed E-state index contributed by atoms with van der Waals surface area (Å²) in [6.45, 7) is -0.466. The summed E-state index contributed by atoms with van der Waals surface area (Å²) in [6.07, 6.45) is 0.327. The molecule has 0 unspecified atom stereocenters. The normalized spacial score (nSPS) is 13.4. The van der Waals surface area contributed by atoms with Crippen molar-refractivity contribution in [1.82, 2.24) is 4.31 Å². The van der Waals surface area contributed by atoms with E-state index in [0.717, 1.165) is 26.6 Å². The van der Waals surface area contributed by atoms with Crippen molar-refractivity contribution in [2.45, 2.75) is 17.5 Å². The first-order valence-corrected chi connectivity index (χ1v) is 13.1. The van der Waals surface area contributed by atoms with Gasteiger partial charge in [-0.25, -0.2) is 8.42 Å². The third-order valence-electron chi connectivity index (χ3n) is 5.86. The summed E-state index contributed by atoms with van der Waals surface area (Å²) in [4.78, 5) is 5.60. The highest BCUT2D eigenvalue weighted by molar-refractivity contribution is 7.89. The van der Waals surface area contributed by atoms with Gasteiger partial charge in [0.15, 0.2) is 0 Å². The minimum Gasteiger partial charge on any atom is -0.468 e. The molecule has 0 amide bonds. The Morgan fingerprint density at radius 2 is 1.50 bits per heavy atom. The highest BCUT2D eigenvalue weighted by atomic mass is 35.5. The molecule has 7 nitrogen and oxygen atoms in total. The maximum atomic E-state index is 13.3. The lowest BCUT2D eigenvalue weighted by Crippen LogP contribution is -2.38. The van der Waals surface area contributed by atoms with E-state index in [1.54, 1.807) is 12.1 Å². The zero-order valence-electron chi connectivity index (χ0n) is 19.1. The number of rotatable bonds is 9. The number of sulfonamides is 1. The van der Waals surface area contributed by atoms with E-state index in [1.165, 1.54) is 30.5 Å². The molecule has 0 aliphatic heterocycles. The molecule has 1 aliphatic carbocycles. The molecule has 0 saturated heterocycles. The predicted molar refractivity (Wildman–Crippen MR) is 137 cm³/mol. The fraction of sp³-hybridized carbons (Fsp3) is 0.148. The van der Waals surface area contributed by atoms with E-state index in [9.17, 15) is 13.5 Å². The van der Waals surface area contributed by atoms with Gasteiger partial charge < -0.3 is 14.4 Å². The molecule has 0 spiro atoms. The van der Waals surface area contributed by atoms with Crippen LogP contribution in [0.15, 0.2) is 106 Å². The molecule has 0 fully saturated rings. The van der Waals surface area contributed by atoms with Crippen LogP contribution < -0.4 is 0 Å². The van der Waals surface area contributed by atoms with Crippen molar-refractivity contribution in [3.05, 3.63) is 113 Å². The van der Waals surface area contributed by atoms with E-state index in [4.69, 9.17) is 20.9 Å². The molecule has 9 heteroatoms. The second-order valence-electron chi connectivity index (χ2n) is 8.31. The first kappa shape index (κ1) is 24.3. The van der Waals surface area contributed by atoms with Gasteiger partial charge in [-0.1, -0.05) is 65.3 Å². The lowest BCUT2D eigenvalue weighted by molar-refractivity contribution is 0.0296. The van der Waals surface area contributed by atoms with Gasteiger partial charge in [0.2, 0.25) is 10.0 Å². The number of benzene rings is 3. The summed E-state index contributed by atoms with van der Waals surface area (Å²) in [5, 5.41) is 15.5. The Morgan fingerprint density at radius 1 is 0.889 bits per heavy atom. The van der Waals surface area contributed by atoms with Gasteiger partial charge in [0.05, 0.1) is 17.7 Å². The minimum absolute atomic E-state index is 0.0513. The summed E-state index contributed by atoms with van der Waals surface area (Å²) < 4.78 is 33.1. The van der Waals surface area contributed by atoms with E-state index in [-0.39, 0.29) is 24.6 Å². The lowest BCUT2D eigenvalue weighted by Gasteiger charge is -2.23. The van der Waals surface area contributed by atoms with E-state index in [1.807, 2.05) is 48.5 Å². The summed E-state index contributed by atoms with van der Waals surface area (Å²) >= 11 is 5.92. The molecule has 184 valence electrons. The van der Waals surface area contributed by atoms with Gasteiger partial charge in [-0.15, -0.1) is 0 Å². The van der Waals surface area contributed by atoms with Gasteiger partial charge >= 0.3 is 0 Å². The highest BCUT2D eigenvalue weighted by Crippen LogP contribution is 2.36. The number of hydrogen-bond donors (Lipinski definition) is 1. The van der Waals surface area contributed by atoms with E-state index >= 15 is 0 Å². The molecule has 4 aromatic rings. The summed E-state index contributed by atoms with van der Waals surface area (Å²) in [5.74, 6) is 0.445. The largest absolute Gasteiger partial charge is 0.468 e. The van der Waals surface area contributed by atoms with Gasteiger partial charge in [-0.2, -0.15) is 4.31 Å². The quantitative estimate of drug-likeness (QED) is 0.277. The summed E-state index contributed by atoms with van der Waals surface area (Å²) in [5.41, 5.74) is 4.69. The van der Waals surface area contributed by atoms with Crippen molar-refractivity contribution in [1.29, 1.82) is 0 Å². The second kappa shape index (κ2) is 10.3. The van der Waals surface area contributed by atoms with Gasteiger partial charge in [0.1, 0.15) is 24.2 Å². The number of halogens is 1. The molecule has 5 rings (SSSR count).